The Morgan fingerprint density at radius 3 is 2.76 bits per heavy atom. The largest absolute Gasteiger partial charge is 0.497 e. The lowest BCUT2D eigenvalue weighted by molar-refractivity contribution is -0.113. The van der Waals surface area contributed by atoms with Gasteiger partial charge in [-0.3, -0.25) is 4.79 Å². The van der Waals surface area contributed by atoms with Crippen molar-refractivity contribution >= 4 is 50.2 Å². The van der Waals surface area contributed by atoms with Crippen LogP contribution in [0.2, 0.25) is 0 Å². The van der Waals surface area contributed by atoms with E-state index in [0.717, 1.165) is 40.8 Å². The summed E-state index contributed by atoms with van der Waals surface area (Å²) in [4.78, 5) is 28.0. The molecule has 29 heavy (non-hydrogen) atoms. The summed E-state index contributed by atoms with van der Waals surface area (Å²) in [6, 6.07) is 7.30. The van der Waals surface area contributed by atoms with Gasteiger partial charge in [0, 0.05) is 24.8 Å². The Morgan fingerprint density at radius 1 is 1.24 bits per heavy atom. The Morgan fingerprint density at radius 2 is 2.03 bits per heavy atom. The van der Waals surface area contributed by atoms with Gasteiger partial charge in [-0.25, -0.2) is 9.97 Å². The average Bonchev–Trinajstić information content (AvgIpc) is 3.17. The molecule has 0 saturated carbocycles. The Balaban J connectivity index is 1.70. The van der Waals surface area contributed by atoms with Crippen LogP contribution < -0.4 is 15.0 Å². The van der Waals surface area contributed by atoms with E-state index >= 15 is 0 Å². The number of thiazole rings is 1. The van der Waals surface area contributed by atoms with E-state index < -0.39 is 0 Å². The van der Waals surface area contributed by atoms with Gasteiger partial charge in [0.05, 0.1) is 12.9 Å². The topological polar surface area (TPSA) is 80.2 Å². The van der Waals surface area contributed by atoms with E-state index in [1.807, 2.05) is 18.2 Å². The molecular weight excluding hydrogens is 406 g/mol. The van der Waals surface area contributed by atoms with Gasteiger partial charge in [0.1, 0.15) is 21.8 Å². The minimum atomic E-state index is -0.0988. The normalized spacial score (nSPS) is 10.9. The number of hydrogen-bond donors (Lipinski definition) is 1. The summed E-state index contributed by atoms with van der Waals surface area (Å²) in [5, 5.41) is 4.64. The molecule has 0 aliphatic carbocycles. The molecule has 0 aliphatic heterocycles. The van der Waals surface area contributed by atoms with E-state index in [1.165, 1.54) is 18.1 Å². The van der Waals surface area contributed by atoms with Gasteiger partial charge < -0.3 is 15.0 Å². The Bertz CT molecular complexity index is 957. The predicted octanol–water partition coefficient (Wildman–Crippen LogP) is 4.45. The lowest BCUT2D eigenvalue weighted by Gasteiger charge is -2.19. The van der Waals surface area contributed by atoms with E-state index in [2.05, 4.69) is 34.0 Å². The van der Waals surface area contributed by atoms with Crippen molar-refractivity contribution in [2.24, 2.45) is 0 Å². The predicted molar refractivity (Wildman–Crippen MR) is 120 cm³/mol. The molecule has 7 nitrogen and oxygen atoms in total. The second-order valence-electron chi connectivity index (χ2n) is 6.38. The second kappa shape index (κ2) is 10.4. The molecular formula is C20H25N5O2S2. The van der Waals surface area contributed by atoms with Crippen molar-refractivity contribution in [3.63, 3.8) is 0 Å². The van der Waals surface area contributed by atoms with Gasteiger partial charge in [-0.1, -0.05) is 43.0 Å². The first-order valence-electron chi connectivity index (χ1n) is 9.57. The fraction of sp³-hybridized carbons (Fsp3) is 0.400. The van der Waals surface area contributed by atoms with Crippen LogP contribution in [0.1, 0.15) is 26.7 Å². The van der Waals surface area contributed by atoms with Crippen LogP contribution in [0.3, 0.4) is 0 Å². The summed E-state index contributed by atoms with van der Waals surface area (Å²) in [7, 11) is 1.60. The standard InChI is InChI=1S/C20H25N5O2S2/c1-4-9-25(10-5-2)20-24-18-17(29-20)19(22-13-21-18)28-12-16(26)23-14-7-6-8-15(11-14)27-3/h6-8,11,13H,4-5,9-10,12H2,1-3H3,(H,23,26). The highest BCUT2D eigenvalue weighted by molar-refractivity contribution is 8.00. The van der Waals surface area contributed by atoms with E-state index in [-0.39, 0.29) is 11.7 Å². The molecule has 3 aromatic rings. The number of carbonyl (C=O) groups excluding carboxylic acids is 1. The first kappa shape index (κ1) is 21.3. The highest BCUT2D eigenvalue weighted by Crippen LogP contribution is 2.34. The zero-order chi connectivity index (χ0) is 20.6. The van der Waals surface area contributed by atoms with Gasteiger partial charge in [-0.15, -0.1) is 0 Å². The number of nitrogens with zero attached hydrogens (tertiary/aromatic N) is 4. The van der Waals surface area contributed by atoms with Gasteiger partial charge in [0.2, 0.25) is 5.91 Å². The number of amides is 1. The number of rotatable bonds is 10. The number of hydrogen-bond acceptors (Lipinski definition) is 8. The molecule has 0 saturated heterocycles. The zero-order valence-electron chi connectivity index (χ0n) is 16.8. The molecule has 2 aromatic heterocycles. The molecule has 0 bridgehead atoms. The molecule has 2 heterocycles. The molecule has 3 rings (SSSR count). The lowest BCUT2D eigenvalue weighted by Crippen LogP contribution is -2.24. The summed E-state index contributed by atoms with van der Waals surface area (Å²) >= 11 is 2.99. The summed E-state index contributed by atoms with van der Waals surface area (Å²) in [5.74, 6) is 0.858. The number of fused-ring (bicyclic) bond motifs is 1. The molecule has 0 radical (unpaired) electrons. The first-order chi connectivity index (χ1) is 14.1. The molecule has 1 amide bonds. The molecule has 0 fully saturated rings. The van der Waals surface area contributed by atoms with Crippen LogP contribution in [0.15, 0.2) is 35.6 Å². The number of aromatic nitrogens is 3. The maximum absolute atomic E-state index is 12.4. The first-order valence-corrected chi connectivity index (χ1v) is 11.4. The molecule has 154 valence electrons. The summed E-state index contributed by atoms with van der Waals surface area (Å²) in [5.41, 5.74) is 1.39. The van der Waals surface area contributed by atoms with Crippen LogP contribution in [0.5, 0.6) is 5.75 Å². The van der Waals surface area contributed by atoms with Crippen molar-refractivity contribution in [2.45, 2.75) is 31.7 Å². The summed E-state index contributed by atoms with van der Waals surface area (Å²) in [6.45, 7) is 6.26. The van der Waals surface area contributed by atoms with Crippen molar-refractivity contribution in [3.8, 4) is 5.75 Å². The SMILES string of the molecule is CCCN(CCC)c1nc2ncnc(SCC(=O)Nc3cccc(OC)c3)c2s1. The van der Waals surface area contributed by atoms with Crippen LogP contribution in [0, 0.1) is 0 Å². The van der Waals surface area contributed by atoms with Crippen LogP contribution in [-0.2, 0) is 4.79 Å². The van der Waals surface area contributed by atoms with Gasteiger partial charge in [-0.05, 0) is 25.0 Å². The molecule has 1 aromatic carbocycles. The van der Waals surface area contributed by atoms with Crippen LogP contribution >= 0.6 is 23.1 Å². The second-order valence-corrected chi connectivity index (χ2v) is 8.33. The average molecular weight is 432 g/mol. The molecule has 1 N–H and O–H groups in total. The van der Waals surface area contributed by atoms with E-state index in [1.54, 1.807) is 24.5 Å². The highest BCUT2D eigenvalue weighted by atomic mass is 32.2. The zero-order valence-corrected chi connectivity index (χ0v) is 18.5. The number of anilines is 2. The molecule has 0 aliphatic rings. The quantitative estimate of drug-likeness (QED) is 0.375. The van der Waals surface area contributed by atoms with Crippen molar-refractivity contribution in [1.82, 2.24) is 15.0 Å². The number of methoxy groups -OCH3 is 1. The number of thioether (sulfide) groups is 1. The van der Waals surface area contributed by atoms with Crippen molar-refractivity contribution in [1.29, 1.82) is 0 Å². The van der Waals surface area contributed by atoms with E-state index in [0.29, 0.717) is 17.1 Å². The van der Waals surface area contributed by atoms with Gasteiger partial charge in [0.25, 0.3) is 0 Å². The van der Waals surface area contributed by atoms with Crippen molar-refractivity contribution in [2.75, 3.05) is 36.2 Å². The Labute approximate surface area is 178 Å². The minimum Gasteiger partial charge on any atom is -0.497 e. The summed E-state index contributed by atoms with van der Waals surface area (Å²) < 4.78 is 6.12. The third-order valence-electron chi connectivity index (χ3n) is 4.10. The number of ether oxygens (including phenoxy) is 1. The van der Waals surface area contributed by atoms with E-state index in [4.69, 9.17) is 9.72 Å². The van der Waals surface area contributed by atoms with Gasteiger partial charge in [-0.2, -0.15) is 4.98 Å². The fourth-order valence-corrected chi connectivity index (χ4v) is 4.78. The Hall–Kier alpha value is -2.39. The maximum Gasteiger partial charge on any atom is 0.234 e. The van der Waals surface area contributed by atoms with Crippen LogP contribution in [-0.4, -0.2) is 46.8 Å². The van der Waals surface area contributed by atoms with Gasteiger partial charge >= 0.3 is 0 Å². The number of nitrogens with one attached hydrogen (secondary N) is 1. The summed E-state index contributed by atoms with van der Waals surface area (Å²) in [6.07, 6.45) is 3.64. The third kappa shape index (κ3) is 5.57. The fourth-order valence-electron chi connectivity index (χ4n) is 2.84. The van der Waals surface area contributed by atoms with Crippen LogP contribution in [0.4, 0.5) is 10.8 Å². The number of carbonyl (C=O) groups is 1. The van der Waals surface area contributed by atoms with Gasteiger partial charge in [0.15, 0.2) is 10.8 Å². The lowest BCUT2D eigenvalue weighted by atomic mass is 10.3. The van der Waals surface area contributed by atoms with Crippen LogP contribution in [0.25, 0.3) is 10.3 Å². The van der Waals surface area contributed by atoms with E-state index in [9.17, 15) is 4.79 Å². The molecule has 9 heteroatoms. The smallest absolute Gasteiger partial charge is 0.234 e. The maximum atomic E-state index is 12.4. The minimum absolute atomic E-state index is 0.0988. The van der Waals surface area contributed by atoms with Crippen molar-refractivity contribution < 1.29 is 9.53 Å². The monoisotopic (exact) mass is 431 g/mol. The molecule has 0 atom stereocenters. The Kier molecular flexibility index (Phi) is 7.65. The number of benzene rings is 1. The third-order valence-corrected chi connectivity index (χ3v) is 6.33. The van der Waals surface area contributed by atoms with Crippen molar-refractivity contribution in [3.05, 3.63) is 30.6 Å². The molecule has 0 spiro atoms. The molecule has 0 unspecified atom stereocenters. The highest BCUT2D eigenvalue weighted by Gasteiger charge is 2.16.